The molecule has 2 atom stereocenters. The summed E-state index contributed by atoms with van der Waals surface area (Å²) in [5.74, 6) is 0.944. The van der Waals surface area contributed by atoms with Crippen LogP contribution in [0.5, 0.6) is 0 Å². The predicted octanol–water partition coefficient (Wildman–Crippen LogP) is 1.19. The van der Waals surface area contributed by atoms with Crippen LogP contribution in [0.25, 0.3) is 0 Å². The van der Waals surface area contributed by atoms with Gasteiger partial charge in [0, 0.05) is 12.5 Å². The maximum absolute atomic E-state index is 9.00. The Labute approximate surface area is 55.4 Å². The lowest BCUT2D eigenvalue weighted by Crippen LogP contribution is -2.30. The maximum atomic E-state index is 9.00. The molecule has 0 heterocycles. The molecule has 1 unspecified atom stereocenters. The van der Waals surface area contributed by atoms with Gasteiger partial charge in [0.15, 0.2) is 0 Å². The summed E-state index contributed by atoms with van der Waals surface area (Å²) in [5.41, 5.74) is 5.68. The second kappa shape index (κ2) is 2.40. The molecule has 0 aromatic rings. The number of aliphatic hydroxyl groups excluding tert-OH is 1. The van der Waals surface area contributed by atoms with E-state index in [2.05, 4.69) is 6.92 Å². The third kappa shape index (κ3) is 1.45. The third-order valence-electron chi connectivity index (χ3n) is 1.89. The van der Waals surface area contributed by atoms with Crippen LogP contribution in [0, 0.1) is 5.92 Å². The summed E-state index contributed by atoms with van der Waals surface area (Å²) < 4.78 is 0. The van der Waals surface area contributed by atoms with Gasteiger partial charge in [0.2, 0.25) is 0 Å². The van der Waals surface area contributed by atoms with E-state index in [9.17, 15) is 0 Å². The van der Waals surface area contributed by atoms with Crippen molar-refractivity contribution in [3.05, 3.63) is 11.8 Å². The van der Waals surface area contributed by atoms with E-state index in [0.717, 1.165) is 12.8 Å². The van der Waals surface area contributed by atoms with Gasteiger partial charge in [-0.05, 0) is 18.4 Å². The van der Waals surface area contributed by atoms with Crippen LogP contribution in [-0.4, -0.2) is 11.1 Å². The van der Waals surface area contributed by atoms with E-state index in [1.54, 1.807) is 0 Å². The van der Waals surface area contributed by atoms with Gasteiger partial charge < -0.3 is 10.8 Å². The van der Waals surface area contributed by atoms with Gasteiger partial charge in [-0.15, -0.1) is 0 Å². The van der Waals surface area contributed by atoms with Gasteiger partial charge in [0.05, 0.1) is 5.76 Å². The molecule has 0 aromatic heterocycles. The Morgan fingerprint density at radius 2 is 2.44 bits per heavy atom. The summed E-state index contributed by atoms with van der Waals surface area (Å²) >= 11 is 0. The van der Waals surface area contributed by atoms with Crippen molar-refractivity contribution in [2.45, 2.75) is 25.8 Å². The van der Waals surface area contributed by atoms with Gasteiger partial charge in [-0.1, -0.05) is 6.92 Å². The molecule has 2 nitrogen and oxygen atoms in total. The zero-order valence-corrected chi connectivity index (χ0v) is 5.67. The van der Waals surface area contributed by atoms with E-state index in [1.165, 1.54) is 0 Å². The monoisotopic (exact) mass is 127 g/mol. The van der Waals surface area contributed by atoms with Crippen molar-refractivity contribution in [3.63, 3.8) is 0 Å². The molecular weight excluding hydrogens is 114 g/mol. The van der Waals surface area contributed by atoms with Crippen molar-refractivity contribution < 1.29 is 5.11 Å². The third-order valence-corrected chi connectivity index (χ3v) is 1.89. The number of rotatable bonds is 0. The number of hydrogen-bond donors (Lipinski definition) is 2. The zero-order valence-electron chi connectivity index (χ0n) is 5.67. The van der Waals surface area contributed by atoms with Crippen LogP contribution in [-0.2, 0) is 0 Å². The van der Waals surface area contributed by atoms with Crippen LogP contribution in [0.2, 0.25) is 0 Å². The molecule has 3 N–H and O–H groups in total. The molecule has 0 amide bonds. The average Bonchev–Trinajstić information content (AvgIpc) is 1.80. The highest BCUT2D eigenvalue weighted by Crippen LogP contribution is 2.20. The molecule has 1 rings (SSSR count). The topological polar surface area (TPSA) is 46.2 Å². The lowest BCUT2D eigenvalue weighted by Gasteiger charge is -2.22. The summed E-state index contributed by atoms with van der Waals surface area (Å²) in [6.45, 7) is 2.06. The molecule has 0 radical (unpaired) electrons. The molecule has 0 saturated carbocycles. The molecule has 0 aliphatic heterocycles. The van der Waals surface area contributed by atoms with E-state index < -0.39 is 0 Å². The number of nitrogens with two attached hydrogens (primary N) is 1. The van der Waals surface area contributed by atoms with E-state index in [-0.39, 0.29) is 6.04 Å². The van der Waals surface area contributed by atoms with Gasteiger partial charge in [-0.2, -0.15) is 0 Å². The van der Waals surface area contributed by atoms with Gasteiger partial charge in [0.25, 0.3) is 0 Å². The molecule has 0 aromatic carbocycles. The van der Waals surface area contributed by atoms with Crippen LogP contribution in [0.4, 0.5) is 0 Å². The first-order chi connectivity index (χ1) is 4.20. The Morgan fingerprint density at radius 1 is 1.78 bits per heavy atom. The number of aliphatic hydroxyl groups is 1. The highest BCUT2D eigenvalue weighted by atomic mass is 16.3. The minimum Gasteiger partial charge on any atom is -0.513 e. The Bertz CT molecular complexity index is 131. The molecule has 2 heteroatoms. The largest absolute Gasteiger partial charge is 0.513 e. The number of allylic oxidation sites excluding steroid dienone is 1. The fourth-order valence-corrected chi connectivity index (χ4v) is 1.07. The van der Waals surface area contributed by atoms with E-state index >= 15 is 0 Å². The first-order valence-electron chi connectivity index (χ1n) is 3.33. The van der Waals surface area contributed by atoms with E-state index in [4.69, 9.17) is 10.8 Å². The molecule has 0 spiro atoms. The average molecular weight is 127 g/mol. The predicted molar refractivity (Wildman–Crippen MR) is 37.1 cm³/mol. The summed E-state index contributed by atoms with van der Waals surface area (Å²) in [7, 11) is 0. The maximum Gasteiger partial charge on any atom is 0.0886 e. The van der Waals surface area contributed by atoms with Crippen molar-refractivity contribution in [2.75, 3.05) is 0 Å². The molecule has 1 aliphatic rings. The van der Waals surface area contributed by atoms with Crippen LogP contribution in [0.15, 0.2) is 11.8 Å². The lowest BCUT2D eigenvalue weighted by atomic mass is 9.90. The number of hydrogen-bond acceptors (Lipinski definition) is 2. The molecule has 0 saturated heterocycles. The standard InChI is InChI=1S/C7H13NO/c1-5-4-6(9)2-3-7(5)8/h2,5,7,9H,3-4,8H2,1H3/t5?,7-/m1/s1. The quantitative estimate of drug-likeness (QED) is 0.513. The first kappa shape index (κ1) is 6.62. The van der Waals surface area contributed by atoms with Crippen molar-refractivity contribution in [1.29, 1.82) is 0 Å². The molecular formula is C7H13NO. The summed E-state index contributed by atoms with van der Waals surface area (Å²) in [6, 6.07) is 0.251. The minimum atomic E-state index is 0.251. The molecule has 0 bridgehead atoms. The normalized spacial score (nSPS) is 36.0. The Balaban J connectivity index is 2.54. The fourth-order valence-electron chi connectivity index (χ4n) is 1.07. The van der Waals surface area contributed by atoms with Crippen LogP contribution in [0.1, 0.15) is 19.8 Å². The molecule has 0 fully saturated rings. The smallest absolute Gasteiger partial charge is 0.0886 e. The van der Waals surface area contributed by atoms with Crippen molar-refractivity contribution >= 4 is 0 Å². The highest BCUT2D eigenvalue weighted by molar-refractivity contribution is 5.01. The van der Waals surface area contributed by atoms with Crippen LogP contribution < -0.4 is 5.73 Å². The second-order valence-electron chi connectivity index (χ2n) is 2.78. The van der Waals surface area contributed by atoms with Crippen molar-refractivity contribution in [2.24, 2.45) is 11.7 Å². The molecule has 52 valence electrons. The summed E-state index contributed by atoms with van der Waals surface area (Å²) in [4.78, 5) is 0. The van der Waals surface area contributed by atoms with Gasteiger partial charge in [-0.3, -0.25) is 0 Å². The Hall–Kier alpha value is -0.500. The van der Waals surface area contributed by atoms with Gasteiger partial charge in [-0.25, -0.2) is 0 Å². The van der Waals surface area contributed by atoms with E-state index in [1.807, 2.05) is 6.08 Å². The zero-order chi connectivity index (χ0) is 6.85. The first-order valence-corrected chi connectivity index (χ1v) is 3.33. The fraction of sp³-hybridized carbons (Fsp3) is 0.714. The Morgan fingerprint density at radius 3 is 2.89 bits per heavy atom. The van der Waals surface area contributed by atoms with Crippen LogP contribution in [0.3, 0.4) is 0 Å². The summed E-state index contributed by atoms with van der Waals surface area (Å²) in [6.07, 6.45) is 3.39. The summed E-state index contributed by atoms with van der Waals surface area (Å²) in [5, 5.41) is 9.00. The Kier molecular flexibility index (Phi) is 1.76. The lowest BCUT2D eigenvalue weighted by molar-refractivity contribution is 0.311. The highest BCUT2D eigenvalue weighted by Gasteiger charge is 2.17. The second-order valence-corrected chi connectivity index (χ2v) is 2.78. The van der Waals surface area contributed by atoms with E-state index in [0.29, 0.717) is 11.7 Å². The van der Waals surface area contributed by atoms with Crippen molar-refractivity contribution in [1.82, 2.24) is 0 Å². The minimum absolute atomic E-state index is 0.251. The van der Waals surface area contributed by atoms with Gasteiger partial charge in [0.1, 0.15) is 0 Å². The van der Waals surface area contributed by atoms with Crippen LogP contribution >= 0.6 is 0 Å². The van der Waals surface area contributed by atoms with Crippen molar-refractivity contribution in [3.8, 4) is 0 Å². The van der Waals surface area contributed by atoms with Gasteiger partial charge >= 0.3 is 0 Å². The molecule has 9 heavy (non-hydrogen) atoms. The molecule has 1 aliphatic carbocycles. The SMILES string of the molecule is CC1CC(O)=CC[C@H]1N.